The molecule has 0 saturated heterocycles. The summed E-state index contributed by atoms with van der Waals surface area (Å²) in [5.41, 5.74) is 0.582. The summed E-state index contributed by atoms with van der Waals surface area (Å²) in [6.07, 6.45) is 1.83. The molecule has 0 fully saturated rings. The number of hydrogen-bond donors (Lipinski definition) is 0. The van der Waals surface area contributed by atoms with Crippen molar-refractivity contribution in [2.24, 2.45) is 0 Å². The van der Waals surface area contributed by atoms with Crippen LogP contribution in [0.2, 0.25) is 0 Å². The largest absolute Gasteiger partial charge is 0.466 e. The molecule has 1 rings (SSSR count). The molecule has 108 valence electrons. The molecule has 0 saturated carbocycles. The van der Waals surface area contributed by atoms with Gasteiger partial charge in [-0.2, -0.15) is 0 Å². The average molecular weight is 340 g/mol. The van der Waals surface area contributed by atoms with E-state index < -0.39 is 0 Å². The van der Waals surface area contributed by atoms with Crippen LogP contribution in [0.25, 0.3) is 0 Å². The second-order valence-electron chi connectivity index (χ2n) is 4.10. The van der Waals surface area contributed by atoms with Crippen molar-refractivity contribution < 1.29 is 14.3 Å². The number of carbonyl (C=O) groups is 2. The fraction of sp³-hybridized carbons (Fsp3) is 0.333. The zero-order valence-electron chi connectivity index (χ0n) is 11.5. The molecule has 1 aromatic rings. The standard InChI is InChI=1S/C15H18BrNO3/c1-3-10-17(11-9-14(18)20-4-2)15(19)12-5-7-13(16)8-6-12/h3,5-8H,1,4,9-11H2,2H3. The van der Waals surface area contributed by atoms with Gasteiger partial charge in [-0.25, -0.2) is 0 Å². The first kappa shape index (κ1) is 16.4. The lowest BCUT2D eigenvalue weighted by Gasteiger charge is -2.20. The second kappa shape index (κ2) is 8.53. The minimum Gasteiger partial charge on any atom is -0.466 e. The Hall–Kier alpha value is -1.62. The molecule has 0 bridgehead atoms. The van der Waals surface area contributed by atoms with Crippen LogP contribution in [0.1, 0.15) is 23.7 Å². The van der Waals surface area contributed by atoms with Gasteiger partial charge in [0.05, 0.1) is 13.0 Å². The van der Waals surface area contributed by atoms with Gasteiger partial charge in [0.25, 0.3) is 5.91 Å². The van der Waals surface area contributed by atoms with E-state index in [0.29, 0.717) is 25.3 Å². The third-order valence-corrected chi connectivity index (χ3v) is 3.15. The summed E-state index contributed by atoms with van der Waals surface area (Å²) in [7, 11) is 0. The molecule has 0 atom stereocenters. The fourth-order valence-electron chi connectivity index (χ4n) is 1.67. The molecule has 1 amide bonds. The first-order chi connectivity index (χ1) is 9.58. The van der Waals surface area contributed by atoms with Crippen LogP contribution in [-0.4, -0.2) is 36.5 Å². The van der Waals surface area contributed by atoms with Crippen LogP contribution in [0.5, 0.6) is 0 Å². The average Bonchev–Trinajstić information content (AvgIpc) is 2.44. The van der Waals surface area contributed by atoms with Gasteiger partial charge in [0.1, 0.15) is 0 Å². The summed E-state index contributed by atoms with van der Waals surface area (Å²) in [5, 5.41) is 0. The van der Waals surface area contributed by atoms with Crippen molar-refractivity contribution >= 4 is 27.8 Å². The Kier molecular flexibility index (Phi) is 7.01. The Balaban J connectivity index is 2.69. The van der Waals surface area contributed by atoms with Crippen LogP contribution in [0.15, 0.2) is 41.4 Å². The van der Waals surface area contributed by atoms with Gasteiger partial charge in [-0.15, -0.1) is 6.58 Å². The van der Waals surface area contributed by atoms with Crippen molar-refractivity contribution in [2.45, 2.75) is 13.3 Å². The van der Waals surface area contributed by atoms with E-state index in [1.807, 2.05) is 12.1 Å². The Morgan fingerprint density at radius 3 is 2.55 bits per heavy atom. The number of ether oxygens (including phenoxy) is 1. The molecule has 0 aromatic heterocycles. The van der Waals surface area contributed by atoms with Crippen LogP contribution < -0.4 is 0 Å². The minimum absolute atomic E-state index is 0.123. The number of amides is 1. The van der Waals surface area contributed by atoms with Crippen LogP contribution in [0, 0.1) is 0 Å². The summed E-state index contributed by atoms with van der Waals surface area (Å²) in [4.78, 5) is 25.3. The maximum atomic E-state index is 12.3. The SMILES string of the molecule is C=CCN(CCC(=O)OCC)C(=O)c1ccc(Br)cc1. The lowest BCUT2D eigenvalue weighted by atomic mass is 10.2. The number of halogens is 1. The minimum atomic E-state index is -0.301. The van der Waals surface area contributed by atoms with Gasteiger partial charge in [-0.3, -0.25) is 9.59 Å². The Labute approximate surface area is 127 Å². The molecule has 0 spiro atoms. The van der Waals surface area contributed by atoms with E-state index in [1.165, 1.54) is 0 Å². The smallest absolute Gasteiger partial charge is 0.307 e. The van der Waals surface area contributed by atoms with E-state index in [-0.39, 0.29) is 18.3 Å². The van der Waals surface area contributed by atoms with E-state index in [9.17, 15) is 9.59 Å². The lowest BCUT2D eigenvalue weighted by molar-refractivity contribution is -0.143. The van der Waals surface area contributed by atoms with Gasteiger partial charge in [-0.05, 0) is 31.2 Å². The third-order valence-electron chi connectivity index (χ3n) is 2.62. The number of hydrogen-bond acceptors (Lipinski definition) is 3. The zero-order valence-corrected chi connectivity index (χ0v) is 13.1. The van der Waals surface area contributed by atoms with Crippen LogP contribution >= 0.6 is 15.9 Å². The highest BCUT2D eigenvalue weighted by molar-refractivity contribution is 9.10. The molecule has 20 heavy (non-hydrogen) atoms. The monoisotopic (exact) mass is 339 g/mol. The molecule has 0 N–H and O–H groups in total. The summed E-state index contributed by atoms with van der Waals surface area (Å²) in [5.74, 6) is -0.424. The van der Waals surface area contributed by atoms with Crippen molar-refractivity contribution in [1.29, 1.82) is 0 Å². The molecule has 1 aromatic carbocycles. The first-order valence-corrected chi connectivity index (χ1v) is 7.19. The van der Waals surface area contributed by atoms with E-state index in [4.69, 9.17) is 4.74 Å². The maximum absolute atomic E-state index is 12.3. The number of rotatable bonds is 7. The van der Waals surface area contributed by atoms with Crippen molar-refractivity contribution in [1.82, 2.24) is 4.90 Å². The highest BCUT2D eigenvalue weighted by Gasteiger charge is 2.16. The van der Waals surface area contributed by atoms with Crippen LogP contribution in [0.4, 0.5) is 0 Å². The highest BCUT2D eigenvalue weighted by atomic mass is 79.9. The fourth-order valence-corrected chi connectivity index (χ4v) is 1.93. The topological polar surface area (TPSA) is 46.6 Å². The Morgan fingerprint density at radius 2 is 2.00 bits per heavy atom. The van der Waals surface area contributed by atoms with Crippen molar-refractivity contribution in [3.05, 3.63) is 47.0 Å². The Morgan fingerprint density at radius 1 is 1.35 bits per heavy atom. The molecule has 5 heteroatoms. The quantitative estimate of drug-likeness (QED) is 0.566. The van der Waals surface area contributed by atoms with Crippen LogP contribution in [0.3, 0.4) is 0 Å². The molecule has 0 unspecified atom stereocenters. The van der Waals surface area contributed by atoms with Gasteiger partial charge >= 0.3 is 5.97 Å². The molecule has 4 nitrogen and oxygen atoms in total. The second-order valence-corrected chi connectivity index (χ2v) is 5.02. The predicted molar refractivity (Wildman–Crippen MR) is 81.5 cm³/mol. The summed E-state index contributed by atoms with van der Waals surface area (Å²) in [6.45, 7) is 6.46. The zero-order chi connectivity index (χ0) is 15.0. The molecular weight excluding hydrogens is 322 g/mol. The van der Waals surface area contributed by atoms with Gasteiger partial charge in [0.15, 0.2) is 0 Å². The molecule has 0 radical (unpaired) electrons. The van der Waals surface area contributed by atoms with Crippen molar-refractivity contribution in [3.8, 4) is 0 Å². The first-order valence-electron chi connectivity index (χ1n) is 6.39. The van der Waals surface area contributed by atoms with E-state index in [1.54, 1.807) is 30.0 Å². The normalized spacial score (nSPS) is 9.90. The van der Waals surface area contributed by atoms with Crippen molar-refractivity contribution in [3.63, 3.8) is 0 Å². The molecule has 0 heterocycles. The Bertz CT molecular complexity index is 471. The van der Waals surface area contributed by atoms with Gasteiger partial charge in [0, 0.05) is 23.1 Å². The molecule has 0 aliphatic heterocycles. The number of esters is 1. The number of nitrogens with zero attached hydrogens (tertiary/aromatic N) is 1. The van der Waals surface area contributed by atoms with E-state index in [0.717, 1.165) is 4.47 Å². The van der Waals surface area contributed by atoms with E-state index >= 15 is 0 Å². The molecular formula is C15H18BrNO3. The van der Waals surface area contributed by atoms with Crippen LogP contribution in [-0.2, 0) is 9.53 Å². The van der Waals surface area contributed by atoms with Gasteiger partial charge in [0.2, 0.25) is 0 Å². The third kappa shape index (κ3) is 5.17. The number of benzene rings is 1. The van der Waals surface area contributed by atoms with Gasteiger partial charge in [-0.1, -0.05) is 22.0 Å². The maximum Gasteiger partial charge on any atom is 0.307 e. The summed E-state index contributed by atoms with van der Waals surface area (Å²) < 4.78 is 5.78. The van der Waals surface area contributed by atoms with Gasteiger partial charge < -0.3 is 9.64 Å². The van der Waals surface area contributed by atoms with Crippen molar-refractivity contribution in [2.75, 3.05) is 19.7 Å². The summed E-state index contributed by atoms with van der Waals surface area (Å²) >= 11 is 3.33. The summed E-state index contributed by atoms with van der Waals surface area (Å²) in [6, 6.07) is 7.11. The molecule has 0 aliphatic carbocycles. The predicted octanol–water partition coefficient (Wildman–Crippen LogP) is 3.03. The number of carbonyl (C=O) groups excluding carboxylic acids is 2. The molecule has 0 aliphatic rings. The lowest BCUT2D eigenvalue weighted by Crippen LogP contribution is -2.33. The highest BCUT2D eigenvalue weighted by Crippen LogP contribution is 2.12. The van der Waals surface area contributed by atoms with E-state index in [2.05, 4.69) is 22.5 Å².